The number of likely N-dealkylation sites (tertiary alicyclic amines) is 1. The van der Waals surface area contributed by atoms with Crippen LogP contribution in [0.15, 0.2) is 17.1 Å². The van der Waals surface area contributed by atoms with Crippen LogP contribution < -0.4 is 10.6 Å². The first-order chi connectivity index (χ1) is 10.3. The molecule has 2 rings (SSSR count). The molecule has 0 aromatic carbocycles. The number of aliphatic imine (C=N–C) groups is 1. The molecular weight excluding hydrogens is 260 g/mol. The van der Waals surface area contributed by atoms with Gasteiger partial charge in [0, 0.05) is 25.7 Å². The van der Waals surface area contributed by atoms with Crippen LogP contribution in [-0.4, -0.2) is 49.6 Å². The lowest BCUT2D eigenvalue weighted by molar-refractivity contribution is 0.158. The SMILES string of the molecule is CN=C(NCCCCN1CCCCC1C)NC1CC=CC1. The number of guanidine groups is 1. The summed E-state index contributed by atoms with van der Waals surface area (Å²) < 4.78 is 0. The van der Waals surface area contributed by atoms with E-state index in [9.17, 15) is 0 Å². The second-order valence-corrected chi connectivity index (χ2v) is 6.37. The molecular formula is C17H32N4. The number of unbranched alkanes of at least 4 members (excludes halogenated alkanes) is 1. The lowest BCUT2D eigenvalue weighted by atomic mass is 10.0. The Labute approximate surface area is 130 Å². The monoisotopic (exact) mass is 292 g/mol. The van der Waals surface area contributed by atoms with Gasteiger partial charge in [-0.15, -0.1) is 0 Å². The maximum atomic E-state index is 4.31. The number of nitrogens with zero attached hydrogens (tertiary/aromatic N) is 2. The first-order valence-corrected chi connectivity index (χ1v) is 8.66. The predicted octanol–water partition coefficient (Wildman–Crippen LogP) is 2.52. The highest BCUT2D eigenvalue weighted by atomic mass is 15.2. The van der Waals surface area contributed by atoms with Crippen molar-refractivity contribution in [3.63, 3.8) is 0 Å². The van der Waals surface area contributed by atoms with Crippen LogP contribution in [0.25, 0.3) is 0 Å². The molecule has 0 spiro atoms. The molecule has 1 unspecified atom stereocenters. The molecule has 1 saturated heterocycles. The first kappa shape index (κ1) is 16.3. The molecule has 1 fully saturated rings. The number of rotatable bonds is 6. The zero-order valence-corrected chi connectivity index (χ0v) is 13.8. The average molecular weight is 292 g/mol. The second kappa shape index (κ2) is 9.08. The molecule has 1 atom stereocenters. The van der Waals surface area contributed by atoms with Gasteiger partial charge in [-0.3, -0.25) is 4.99 Å². The van der Waals surface area contributed by atoms with Crippen molar-refractivity contribution in [1.82, 2.24) is 15.5 Å². The van der Waals surface area contributed by atoms with Crippen LogP contribution in [0.1, 0.15) is 51.9 Å². The van der Waals surface area contributed by atoms with Crippen molar-refractivity contribution in [1.29, 1.82) is 0 Å². The summed E-state index contributed by atoms with van der Waals surface area (Å²) in [5.41, 5.74) is 0. The number of nitrogens with one attached hydrogen (secondary N) is 2. The Hall–Kier alpha value is -1.03. The smallest absolute Gasteiger partial charge is 0.191 e. The molecule has 0 saturated carbocycles. The van der Waals surface area contributed by atoms with E-state index in [1.807, 2.05) is 7.05 Å². The average Bonchev–Trinajstić information content (AvgIpc) is 3.00. The minimum atomic E-state index is 0.533. The Morgan fingerprint density at radius 1 is 1.24 bits per heavy atom. The summed E-state index contributed by atoms with van der Waals surface area (Å²) in [7, 11) is 1.85. The van der Waals surface area contributed by atoms with Gasteiger partial charge >= 0.3 is 0 Å². The highest BCUT2D eigenvalue weighted by Gasteiger charge is 2.17. The highest BCUT2D eigenvalue weighted by molar-refractivity contribution is 5.80. The predicted molar refractivity (Wildman–Crippen MR) is 90.8 cm³/mol. The molecule has 1 aliphatic carbocycles. The van der Waals surface area contributed by atoms with Crippen molar-refractivity contribution in [3.8, 4) is 0 Å². The zero-order chi connectivity index (χ0) is 14.9. The molecule has 0 bridgehead atoms. The van der Waals surface area contributed by atoms with Gasteiger partial charge in [0.1, 0.15) is 0 Å². The fourth-order valence-electron chi connectivity index (χ4n) is 3.26. The lowest BCUT2D eigenvalue weighted by Crippen LogP contribution is -2.43. The van der Waals surface area contributed by atoms with Crippen LogP contribution in [0.3, 0.4) is 0 Å². The molecule has 0 radical (unpaired) electrons. The third kappa shape index (κ3) is 5.70. The van der Waals surface area contributed by atoms with Crippen LogP contribution in [0.4, 0.5) is 0 Å². The topological polar surface area (TPSA) is 39.7 Å². The lowest BCUT2D eigenvalue weighted by Gasteiger charge is -2.33. The van der Waals surface area contributed by atoms with Crippen LogP contribution >= 0.6 is 0 Å². The Morgan fingerprint density at radius 2 is 2.05 bits per heavy atom. The fraction of sp³-hybridized carbons (Fsp3) is 0.824. The number of hydrogen-bond acceptors (Lipinski definition) is 2. The summed E-state index contributed by atoms with van der Waals surface area (Å²) in [6.07, 6.45) is 13.4. The summed E-state index contributed by atoms with van der Waals surface area (Å²) >= 11 is 0. The largest absolute Gasteiger partial charge is 0.356 e. The van der Waals surface area contributed by atoms with Gasteiger partial charge in [-0.25, -0.2) is 0 Å². The van der Waals surface area contributed by atoms with Crippen molar-refractivity contribution in [2.24, 2.45) is 4.99 Å². The van der Waals surface area contributed by atoms with Crippen molar-refractivity contribution in [2.45, 2.75) is 64.0 Å². The summed E-state index contributed by atoms with van der Waals surface area (Å²) in [4.78, 5) is 6.96. The molecule has 0 aromatic heterocycles. The summed E-state index contributed by atoms with van der Waals surface area (Å²) in [6.45, 7) is 5.94. The van der Waals surface area contributed by atoms with Crippen LogP contribution in [0, 0.1) is 0 Å². The summed E-state index contributed by atoms with van der Waals surface area (Å²) in [5, 5.41) is 6.92. The van der Waals surface area contributed by atoms with E-state index in [0.717, 1.165) is 31.4 Å². The van der Waals surface area contributed by atoms with Gasteiger partial charge in [-0.2, -0.15) is 0 Å². The molecule has 4 heteroatoms. The first-order valence-electron chi connectivity index (χ1n) is 8.66. The van der Waals surface area contributed by atoms with E-state index in [4.69, 9.17) is 0 Å². The standard InChI is InChI=1S/C17H32N4/c1-15-9-5-7-13-21(15)14-8-6-12-19-17(18-2)20-16-10-3-4-11-16/h3-4,15-16H,5-14H2,1-2H3,(H2,18,19,20). The molecule has 120 valence electrons. The van der Waals surface area contributed by atoms with Gasteiger partial charge in [-0.1, -0.05) is 18.6 Å². The third-order valence-corrected chi connectivity index (χ3v) is 4.68. The van der Waals surface area contributed by atoms with E-state index in [1.54, 1.807) is 0 Å². The van der Waals surface area contributed by atoms with E-state index in [1.165, 1.54) is 45.2 Å². The Balaban J connectivity index is 1.53. The van der Waals surface area contributed by atoms with Crippen molar-refractivity contribution in [2.75, 3.05) is 26.7 Å². The van der Waals surface area contributed by atoms with Crippen LogP contribution in [0.5, 0.6) is 0 Å². The molecule has 0 amide bonds. The van der Waals surface area contributed by atoms with Crippen molar-refractivity contribution in [3.05, 3.63) is 12.2 Å². The van der Waals surface area contributed by atoms with Crippen molar-refractivity contribution < 1.29 is 0 Å². The Kier molecular flexibility index (Phi) is 7.07. The molecule has 4 nitrogen and oxygen atoms in total. The van der Waals surface area contributed by atoms with E-state index in [0.29, 0.717) is 6.04 Å². The Morgan fingerprint density at radius 3 is 2.76 bits per heavy atom. The highest BCUT2D eigenvalue weighted by Crippen LogP contribution is 2.16. The van der Waals surface area contributed by atoms with Crippen LogP contribution in [-0.2, 0) is 0 Å². The maximum Gasteiger partial charge on any atom is 0.191 e. The van der Waals surface area contributed by atoms with Crippen LogP contribution in [0.2, 0.25) is 0 Å². The van der Waals surface area contributed by atoms with E-state index in [2.05, 4.69) is 39.6 Å². The quantitative estimate of drug-likeness (QED) is 0.342. The van der Waals surface area contributed by atoms with E-state index in [-0.39, 0.29) is 0 Å². The van der Waals surface area contributed by atoms with Gasteiger partial charge in [0.05, 0.1) is 0 Å². The van der Waals surface area contributed by atoms with Gasteiger partial charge < -0.3 is 15.5 Å². The molecule has 2 N–H and O–H groups in total. The molecule has 0 aromatic rings. The third-order valence-electron chi connectivity index (χ3n) is 4.68. The minimum absolute atomic E-state index is 0.533. The summed E-state index contributed by atoms with van der Waals surface area (Å²) in [6, 6.07) is 1.32. The zero-order valence-electron chi connectivity index (χ0n) is 13.8. The van der Waals surface area contributed by atoms with Gasteiger partial charge in [0.2, 0.25) is 0 Å². The Bertz CT molecular complexity index is 343. The minimum Gasteiger partial charge on any atom is -0.356 e. The molecule has 1 heterocycles. The fourth-order valence-corrected chi connectivity index (χ4v) is 3.26. The summed E-state index contributed by atoms with van der Waals surface area (Å²) in [5.74, 6) is 0.954. The van der Waals surface area contributed by atoms with Gasteiger partial charge in [-0.05, 0) is 58.5 Å². The van der Waals surface area contributed by atoms with Gasteiger partial charge in [0.25, 0.3) is 0 Å². The normalized spacial score (nSPS) is 24.5. The molecule has 21 heavy (non-hydrogen) atoms. The van der Waals surface area contributed by atoms with E-state index < -0.39 is 0 Å². The second-order valence-electron chi connectivity index (χ2n) is 6.37. The maximum absolute atomic E-state index is 4.31. The van der Waals surface area contributed by atoms with E-state index >= 15 is 0 Å². The molecule has 1 aliphatic heterocycles. The van der Waals surface area contributed by atoms with Gasteiger partial charge in [0.15, 0.2) is 5.96 Å². The number of hydrogen-bond donors (Lipinski definition) is 2. The van der Waals surface area contributed by atoms with Crippen molar-refractivity contribution >= 4 is 5.96 Å². The number of piperidine rings is 1. The molecule has 2 aliphatic rings.